The maximum Gasteiger partial charge on any atom is 0.123 e. The van der Waals surface area contributed by atoms with Gasteiger partial charge in [0.2, 0.25) is 0 Å². The lowest BCUT2D eigenvalue weighted by Crippen LogP contribution is -2.18. The van der Waals surface area contributed by atoms with Gasteiger partial charge in [-0.05, 0) is 47.5 Å². The van der Waals surface area contributed by atoms with E-state index in [4.69, 9.17) is 16.7 Å². The number of hydrazone groups is 1. The molecule has 25 heavy (non-hydrogen) atoms. The fourth-order valence-electron chi connectivity index (χ4n) is 3.09. The largest absolute Gasteiger partial charge is 0.257 e. The average Bonchev–Trinajstić information content (AvgIpc) is 3.09. The van der Waals surface area contributed by atoms with Gasteiger partial charge in [0, 0.05) is 11.4 Å². The molecule has 3 aromatic rings. The molecule has 1 aliphatic rings. The molecule has 0 N–H and O–H groups in total. The summed E-state index contributed by atoms with van der Waals surface area (Å²) in [5.41, 5.74) is 4.07. The van der Waals surface area contributed by atoms with Crippen LogP contribution >= 0.6 is 11.6 Å². The van der Waals surface area contributed by atoms with Crippen LogP contribution in [-0.4, -0.2) is 5.71 Å². The van der Waals surface area contributed by atoms with E-state index < -0.39 is 0 Å². The van der Waals surface area contributed by atoms with Crippen molar-refractivity contribution in [2.45, 2.75) is 12.5 Å². The number of benzene rings is 3. The first-order valence-electron chi connectivity index (χ1n) is 8.14. The van der Waals surface area contributed by atoms with Gasteiger partial charge in [0.15, 0.2) is 0 Å². The minimum Gasteiger partial charge on any atom is -0.257 e. The van der Waals surface area contributed by atoms with E-state index in [-0.39, 0.29) is 11.9 Å². The highest BCUT2D eigenvalue weighted by molar-refractivity contribution is 6.30. The van der Waals surface area contributed by atoms with Crippen molar-refractivity contribution in [2.75, 3.05) is 5.01 Å². The lowest BCUT2D eigenvalue weighted by molar-refractivity contribution is 0.627. The molecule has 3 aromatic carbocycles. The Morgan fingerprint density at radius 1 is 0.880 bits per heavy atom. The zero-order valence-corrected chi connectivity index (χ0v) is 14.2. The van der Waals surface area contributed by atoms with Crippen molar-refractivity contribution < 1.29 is 4.39 Å². The summed E-state index contributed by atoms with van der Waals surface area (Å²) >= 11 is 6.02. The molecule has 1 aliphatic heterocycles. The Labute approximate surface area is 151 Å². The molecular weight excluding hydrogens is 335 g/mol. The first kappa shape index (κ1) is 15.9. The summed E-state index contributed by atoms with van der Waals surface area (Å²) in [5.74, 6) is -0.239. The summed E-state index contributed by atoms with van der Waals surface area (Å²) in [7, 11) is 0. The van der Waals surface area contributed by atoms with Crippen LogP contribution in [0, 0.1) is 5.82 Å². The van der Waals surface area contributed by atoms with E-state index in [0.29, 0.717) is 5.02 Å². The highest BCUT2D eigenvalue weighted by Gasteiger charge is 2.29. The van der Waals surface area contributed by atoms with Crippen molar-refractivity contribution in [1.82, 2.24) is 0 Å². The Morgan fingerprint density at radius 3 is 2.24 bits per heavy atom. The van der Waals surface area contributed by atoms with Crippen molar-refractivity contribution in [1.29, 1.82) is 0 Å². The molecule has 2 nitrogen and oxygen atoms in total. The molecule has 4 heteroatoms. The smallest absolute Gasteiger partial charge is 0.123 e. The first-order valence-corrected chi connectivity index (χ1v) is 8.52. The molecule has 0 radical (unpaired) electrons. The zero-order valence-electron chi connectivity index (χ0n) is 13.4. The molecule has 0 aliphatic carbocycles. The number of anilines is 1. The van der Waals surface area contributed by atoms with Gasteiger partial charge < -0.3 is 0 Å². The van der Waals surface area contributed by atoms with Crippen LogP contribution in [0.15, 0.2) is 84.0 Å². The van der Waals surface area contributed by atoms with Gasteiger partial charge in [-0.25, -0.2) is 4.39 Å². The summed E-state index contributed by atoms with van der Waals surface area (Å²) < 4.78 is 13.2. The van der Waals surface area contributed by atoms with Gasteiger partial charge in [0.05, 0.1) is 17.4 Å². The number of hydrogen-bond donors (Lipinski definition) is 0. The maximum absolute atomic E-state index is 13.2. The Hall–Kier alpha value is -2.65. The van der Waals surface area contributed by atoms with E-state index in [0.717, 1.165) is 23.4 Å². The SMILES string of the molecule is Fc1ccc(C2=NN(c3ccc(Cl)cc3)[C@@H](c3ccccc3)C2)cc1. The maximum atomic E-state index is 13.2. The highest BCUT2D eigenvalue weighted by Crippen LogP contribution is 2.36. The standard InChI is InChI=1S/C21H16ClFN2/c22-17-8-12-19(13-9-17)25-21(16-4-2-1-3-5-16)14-20(24-25)15-6-10-18(23)11-7-15/h1-13,21H,14H2/t21-/m1/s1. The van der Waals surface area contributed by atoms with Crippen molar-refractivity contribution in [3.63, 3.8) is 0 Å². The summed E-state index contributed by atoms with van der Waals surface area (Å²) in [4.78, 5) is 0. The van der Waals surface area contributed by atoms with Crippen LogP contribution in [0.2, 0.25) is 5.02 Å². The number of rotatable bonds is 3. The minimum atomic E-state index is -0.239. The van der Waals surface area contributed by atoms with Gasteiger partial charge in [0.1, 0.15) is 5.82 Å². The quantitative estimate of drug-likeness (QED) is 0.579. The molecule has 0 unspecified atom stereocenters. The van der Waals surface area contributed by atoms with Crippen molar-refractivity contribution in [3.8, 4) is 0 Å². The molecule has 0 fully saturated rings. The molecule has 0 spiro atoms. The van der Waals surface area contributed by atoms with Crippen LogP contribution in [-0.2, 0) is 0 Å². The van der Waals surface area contributed by atoms with E-state index >= 15 is 0 Å². The van der Waals surface area contributed by atoms with Crippen LogP contribution in [0.25, 0.3) is 0 Å². The molecule has 4 rings (SSSR count). The summed E-state index contributed by atoms with van der Waals surface area (Å²) in [6, 6.07) is 24.6. The van der Waals surface area contributed by atoms with Gasteiger partial charge in [-0.3, -0.25) is 5.01 Å². The fraction of sp³-hybridized carbons (Fsp3) is 0.0952. The van der Waals surface area contributed by atoms with Crippen LogP contribution < -0.4 is 5.01 Å². The lowest BCUT2D eigenvalue weighted by Gasteiger charge is -2.24. The van der Waals surface area contributed by atoms with E-state index in [2.05, 4.69) is 12.1 Å². The summed E-state index contributed by atoms with van der Waals surface area (Å²) in [6.45, 7) is 0. The second-order valence-electron chi connectivity index (χ2n) is 6.01. The predicted molar refractivity (Wildman–Crippen MR) is 101 cm³/mol. The Bertz CT molecular complexity index is 889. The molecule has 0 saturated heterocycles. The first-order chi connectivity index (χ1) is 12.2. The molecule has 0 amide bonds. The van der Waals surface area contributed by atoms with Gasteiger partial charge >= 0.3 is 0 Å². The van der Waals surface area contributed by atoms with E-state index in [1.165, 1.54) is 17.7 Å². The third kappa shape index (κ3) is 3.28. The predicted octanol–water partition coefficient (Wildman–Crippen LogP) is 5.83. The molecular formula is C21H16ClFN2. The van der Waals surface area contributed by atoms with Crippen LogP contribution in [0.1, 0.15) is 23.6 Å². The third-order valence-electron chi connectivity index (χ3n) is 4.36. The third-order valence-corrected chi connectivity index (χ3v) is 4.62. The monoisotopic (exact) mass is 350 g/mol. The second-order valence-corrected chi connectivity index (χ2v) is 6.44. The Morgan fingerprint density at radius 2 is 1.56 bits per heavy atom. The Balaban J connectivity index is 1.74. The van der Waals surface area contributed by atoms with Gasteiger partial charge in [-0.1, -0.05) is 54.1 Å². The molecule has 0 aromatic heterocycles. The van der Waals surface area contributed by atoms with E-state index in [9.17, 15) is 4.39 Å². The number of hydrogen-bond acceptors (Lipinski definition) is 2. The van der Waals surface area contributed by atoms with Crippen LogP contribution in [0.5, 0.6) is 0 Å². The number of nitrogens with zero attached hydrogens (tertiary/aromatic N) is 2. The average molecular weight is 351 g/mol. The topological polar surface area (TPSA) is 15.6 Å². The zero-order chi connectivity index (χ0) is 17.2. The molecule has 1 atom stereocenters. The van der Waals surface area contributed by atoms with Crippen LogP contribution in [0.4, 0.5) is 10.1 Å². The van der Waals surface area contributed by atoms with Crippen molar-refractivity contribution in [3.05, 3.63) is 101 Å². The van der Waals surface area contributed by atoms with Gasteiger partial charge in [-0.15, -0.1) is 0 Å². The van der Waals surface area contributed by atoms with Gasteiger partial charge in [-0.2, -0.15) is 5.10 Å². The highest BCUT2D eigenvalue weighted by atomic mass is 35.5. The normalized spacial score (nSPS) is 16.8. The van der Waals surface area contributed by atoms with Gasteiger partial charge in [0.25, 0.3) is 0 Å². The van der Waals surface area contributed by atoms with Crippen molar-refractivity contribution >= 4 is 23.0 Å². The molecule has 1 heterocycles. The summed E-state index contributed by atoms with van der Waals surface area (Å²) in [6.07, 6.45) is 0.762. The number of halogens is 2. The van der Waals surface area contributed by atoms with E-state index in [1.54, 1.807) is 12.1 Å². The summed E-state index contributed by atoms with van der Waals surface area (Å²) in [5, 5.41) is 7.54. The second kappa shape index (κ2) is 6.69. The lowest BCUT2D eigenvalue weighted by atomic mass is 9.98. The van der Waals surface area contributed by atoms with Crippen LogP contribution in [0.3, 0.4) is 0 Å². The van der Waals surface area contributed by atoms with Crippen molar-refractivity contribution in [2.24, 2.45) is 5.10 Å². The molecule has 124 valence electrons. The fourth-order valence-corrected chi connectivity index (χ4v) is 3.22. The molecule has 0 saturated carbocycles. The Kier molecular flexibility index (Phi) is 4.24. The minimum absolute atomic E-state index is 0.0995. The van der Waals surface area contributed by atoms with E-state index in [1.807, 2.05) is 47.5 Å². The molecule has 0 bridgehead atoms.